The lowest BCUT2D eigenvalue weighted by molar-refractivity contribution is -0.118. The van der Waals surface area contributed by atoms with E-state index in [0.29, 0.717) is 29.8 Å². The maximum Gasteiger partial charge on any atom is 0.230 e. The third-order valence-electron chi connectivity index (χ3n) is 4.57. The Hall–Kier alpha value is -1.86. The Morgan fingerprint density at radius 3 is 2.65 bits per heavy atom. The van der Waals surface area contributed by atoms with Crippen molar-refractivity contribution in [2.24, 2.45) is 0 Å². The van der Waals surface area contributed by atoms with Crippen LogP contribution in [0.5, 0.6) is 0 Å². The van der Waals surface area contributed by atoms with Crippen LogP contribution in [-0.2, 0) is 10.5 Å². The number of likely N-dealkylation sites (tertiary alicyclic amines) is 1. The highest BCUT2D eigenvalue weighted by molar-refractivity contribution is 7.99. The van der Waals surface area contributed by atoms with Gasteiger partial charge in [0.15, 0.2) is 5.82 Å². The molecule has 1 amide bonds. The monoisotopic (exact) mass is 374 g/mol. The van der Waals surface area contributed by atoms with E-state index in [0.717, 1.165) is 13.1 Å². The highest BCUT2D eigenvalue weighted by Crippen LogP contribution is 2.25. The molecular formula is C19H26N4O2S. The Balaban J connectivity index is 1.50. The number of nitrogens with one attached hydrogen (secondary N) is 1. The minimum absolute atomic E-state index is 0.0477. The summed E-state index contributed by atoms with van der Waals surface area (Å²) in [6.07, 6.45) is 2.46. The van der Waals surface area contributed by atoms with E-state index in [1.54, 1.807) is 6.92 Å². The van der Waals surface area contributed by atoms with Gasteiger partial charge in [-0.05, 0) is 38.4 Å². The van der Waals surface area contributed by atoms with E-state index in [2.05, 4.69) is 51.5 Å². The number of carbonyl (C=O) groups is 1. The van der Waals surface area contributed by atoms with Crippen LogP contribution >= 0.6 is 11.8 Å². The molecule has 0 bridgehead atoms. The summed E-state index contributed by atoms with van der Waals surface area (Å²) < 4.78 is 4.93. The van der Waals surface area contributed by atoms with Crippen molar-refractivity contribution >= 4 is 17.7 Å². The van der Waals surface area contributed by atoms with Crippen molar-refractivity contribution in [2.45, 2.75) is 38.5 Å². The van der Waals surface area contributed by atoms with Gasteiger partial charge in [0.2, 0.25) is 11.8 Å². The number of carbonyl (C=O) groups excluding carboxylic acids is 1. The quantitative estimate of drug-likeness (QED) is 0.766. The number of amides is 1. The lowest BCUT2D eigenvalue weighted by Crippen LogP contribution is -2.37. The first-order valence-corrected chi connectivity index (χ1v) is 10.2. The SMILES string of the molecule is Cc1ccc(C(CNC(=O)CSCc2noc(C)n2)N2CCCC2)cc1. The van der Waals surface area contributed by atoms with Gasteiger partial charge in [-0.15, -0.1) is 11.8 Å². The van der Waals surface area contributed by atoms with Crippen LogP contribution in [0.1, 0.15) is 41.7 Å². The smallest absolute Gasteiger partial charge is 0.230 e. The summed E-state index contributed by atoms with van der Waals surface area (Å²) in [7, 11) is 0. The zero-order chi connectivity index (χ0) is 18.4. The molecule has 6 nitrogen and oxygen atoms in total. The fraction of sp³-hybridized carbons (Fsp3) is 0.526. The average molecular weight is 375 g/mol. The summed E-state index contributed by atoms with van der Waals surface area (Å²) in [5.41, 5.74) is 2.53. The molecule has 7 heteroatoms. The summed E-state index contributed by atoms with van der Waals surface area (Å²) in [5, 5.41) is 6.94. The molecule has 1 unspecified atom stereocenters. The molecule has 2 heterocycles. The lowest BCUT2D eigenvalue weighted by Gasteiger charge is -2.28. The van der Waals surface area contributed by atoms with Crippen molar-refractivity contribution in [3.63, 3.8) is 0 Å². The number of rotatable bonds is 8. The molecule has 1 aliphatic heterocycles. The van der Waals surface area contributed by atoms with Gasteiger partial charge in [0.25, 0.3) is 0 Å². The second-order valence-electron chi connectivity index (χ2n) is 6.70. The first kappa shape index (κ1) is 18.9. The Bertz CT molecular complexity index is 711. The first-order valence-electron chi connectivity index (χ1n) is 9.06. The molecule has 140 valence electrons. The molecule has 1 fully saturated rings. The Morgan fingerprint density at radius 2 is 2.00 bits per heavy atom. The Labute approximate surface area is 158 Å². The standard InChI is InChI=1S/C19H26N4O2S/c1-14-5-7-16(8-6-14)17(23-9-3-4-10-23)11-20-19(24)13-26-12-18-21-15(2)25-22-18/h5-8,17H,3-4,9-13H2,1-2H3,(H,20,24). The predicted molar refractivity (Wildman–Crippen MR) is 103 cm³/mol. The average Bonchev–Trinajstić information content (AvgIpc) is 3.29. The zero-order valence-electron chi connectivity index (χ0n) is 15.4. The van der Waals surface area contributed by atoms with Crippen molar-refractivity contribution in [1.29, 1.82) is 0 Å². The number of nitrogens with zero attached hydrogens (tertiary/aromatic N) is 3. The van der Waals surface area contributed by atoms with Gasteiger partial charge in [0, 0.05) is 13.5 Å². The van der Waals surface area contributed by atoms with Gasteiger partial charge in [-0.25, -0.2) is 0 Å². The van der Waals surface area contributed by atoms with Crippen LogP contribution < -0.4 is 5.32 Å². The third kappa shape index (κ3) is 5.32. The van der Waals surface area contributed by atoms with Crippen LogP contribution in [0, 0.1) is 13.8 Å². The minimum atomic E-state index is 0.0477. The minimum Gasteiger partial charge on any atom is -0.353 e. The van der Waals surface area contributed by atoms with Gasteiger partial charge >= 0.3 is 0 Å². The van der Waals surface area contributed by atoms with Gasteiger partial charge in [-0.3, -0.25) is 9.69 Å². The van der Waals surface area contributed by atoms with Crippen LogP contribution in [0.25, 0.3) is 0 Å². The van der Waals surface area contributed by atoms with E-state index in [4.69, 9.17) is 4.52 Å². The molecule has 26 heavy (non-hydrogen) atoms. The fourth-order valence-corrected chi connectivity index (χ4v) is 3.89. The molecule has 1 aromatic carbocycles. The predicted octanol–water partition coefficient (Wildman–Crippen LogP) is 2.87. The normalized spacial score (nSPS) is 15.9. The number of hydrogen-bond acceptors (Lipinski definition) is 6. The van der Waals surface area contributed by atoms with E-state index in [1.807, 2.05) is 0 Å². The molecule has 0 radical (unpaired) electrons. The van der Waals surface area contributed by atoms with Crippen molar-refractivity contribution in [1.82, 2.24) is 20.4 Å². The fourth-order valence-electron chi connectivity index (χ4n) is 3.20. The van der Waals surface area contributed by atoms with E-state index >= 15 is 0 Å². The van der Waals surface area contributed by atoms with Gasteiger partial charge < -0.3 is 9.84 Å². The maximum absolute atomic E-state index is 12.2. The van der Waals surface area contributed by atoms with Crippen LogP contribution in [0.3, 0.4) is 0 Å². The van der Waals surface area contributed by atoms with Gasteiger partial charge in [-0.2, -0.15) is 4.98 Å². The van der Waals surface area contributed by atoms with Crippen molar-refractivity contribution in [2.75, 3.05) is 25.4 Å². The van der Waals surface area contributed by atoms with Crippen LogP contribution in [0.4, 0.5) is 0 Å². The second kappa shape index (κ2) is 9.19. The molecule has 1 aliphatic rings. The van der Waals surface area contributed by atoms with Gasteiger partial charge in [0.1, 0.15) is 0 Å². The summed E-state index contributed by atoms with van der Waals surface area (Å²) in [5.74, 6) is 2.21. The molecule has 1 N–H and O–H groups in total. The number of benzene rings is 1. The third-order valence-corrected chi connectivity index (χ3v) is 5.50. The summed E-state index contributed by atoms with van der Waals surface area (Å²) in [6.45, 7) is 6.70. The number of hydrogen-bond donors (Lipinski definition) is 1. The summed E-state index contributed by atoms with van der Waals surface area (Å²) >= 11 is 1.50. The summed E-state index contributed by atoms with van der Waals surface area (Å²) in [4.78, 5) is 18.8. The molecule has 0 aliphatic carbocycles. The Kier molecular flexibility index (Phi) is 6.68. The van der Waals surface area contributed by atoms with Crippen LogP contribution in [0.15, 0.2) is 28.8 Å². The van der Waals surface area contributed by atoms with Gasteiger partial charge in [0.05, 0.1) is 17.5 Å². The number of thioether (sulfide) groups is 1. The van der Waals surface area contributed by atoms with Crippen molar-refractivity contribution < 1.29 is 9.32 Å². The largest absolute Gasteiger partial charge is 0.353 e. The van der Waals surface area contributed by atoms with E-state index in [1.165, 1.54) is 35.7 Å². The maximum atomic E-state index is 12.2. The first-order chi connectivity index (χ1) is 12.6. The molecule has 1 atom stereocenters. The van der Waals surface area contributed by atoms with Crippen molar-refractivity contribution in [3.05, 3.63) is 47.1 Å². The van der Waals surface area contributed by atoms with Crippen LogP contribution in [0.2, 0.25) is 0 Å². The summed E-state index contributed by atoms with van der Waals surface area (Å²) in [6, 6.07) is 8.88. The molecular weight excluding hydrogens is 348 g/mol. The topological polar surface area (TPSA) is 71.3 Å². The zero-order valence-corrected chi connectivity index (χ0v) is 16.2. The highest BCUT2D eigenvalue weighted by Gasteiger charge is 2.23. The molecule has 2 aromatic rings. The molecule has 1 aromatic heterocycles. The second-order valence-corrected chi connectivity index (χ2v) is 7.68. The number of aryl methyl sites for hydroxylation is 2. The van der Waals surface area contributed by atoms with Crippen LogP contribution in [-0.4, -0.2) is 46.3 Å². The Morgan fingerprint density at radius 1 is 1.27 bits per heavy atom. The van der Waals surface area contributed by atoms with E-state index in [9.17, 15) is 4.79 Å². The lowest BCUT2D eigenvalue weighted by atomic mass is 10.0. The van der Waals surface area contributed by atoms with E-state index < -0.39 is 0 Å². The molecule has 0 saturated carbocycles. The molecule has 3 rings (SSSR count). The highest BCUT2D eigenvalue weighted by atomic mass is 32.2. The molecule has 0 spiro atoms. The molecule has 1 saturated heterocycles. The van der Waals surface area contributed by atoms with E-state index in [-0.39, 0.29) is 11.9 Å². The van der Waals surface area contributed by atoms with Crippen molar-refractivity contribution in [3.8, 4) is 0 Å². The van der Waals surface area contributed by atoms with Gasteiger partial charge in [-0.1, -0.05) is 35.0 Å². The number of aromatic nitrogens is 2.